The average Bonchev–Trinajstić information content (AvgIpc) is 2.71. The van der Waals surface area contributed by atoms with Gasteiger partial charge in [-0.05, 0) is 24.6 Å². The Bertz CT molecular complexity index is 551. The molecule has 2 heterocycles. The molecule has 0 aliphatic rings. The fourth-order valence-corrected chi connectivity index (χ4v) is 1.38. The molecule has 0 fully saturated rings. The highest BCUT2D eigenvalue weighted by Crippen LogP contribution is 2.21. The molecular weight excluding hydrogens is 230 g/mol. The number of aryl methyl sites for hydroxylation is 1. The highest BCUT2D eigenvalue weighted by Gasteiger charge is 2.10. The molecule has 0 aliphatic carbocycles. The number of hydrogen-bond acceptors (Lipinski definition) is 3. The van der Waals surface area contributed by atoms with Crippen LogP contribution in [0.4, 0.5) is 0 Å². The predicted octanol–water partition coefficient (Wildman–Crippen LogP) is 2.13. The maximum atomic E-state index is 10.7. The van der Waals surface area contributed by atoms with Crippen molar-refractivity contribution in [3.05, 3.63) is 34.7 Å². The number of rotatable bonds is 2. The van der Waals surface area contributed by atoms with E-state index >= 15 is 0 Å². The molecule has 0 amide bonds. The van der Waals surface area contributed by atoms with E-state index in [2.05, 4.69) is 15.2 Å². The summed E-state index contributed by atoms with van der Waals surface area (Å²) in [6.45, 7) is 1.82. The maximum Gasteiger partial charge on any atom is 0.353 e. The number of H-pyrrole nitrogens is 1. The zero-order valence-corrected chi connectivity index (χ0v) is 9.12. The Balaban J connectivity index is 2.42. The lowest BCUT2D eigenvalue weighted by molar-refractivity contribution is 0.0690. The molecule has 2 N–H and O–H groups in total. The van der Waals surface area contributed by atoms with Crippen LogP contribution in [-0.4, -0.2) is 26.3 Å². The summed E-state index contributed by atoms with van der Waals surface area (Å²) in [5, 5.41) is 15.5. The van der Waals surface area contributed by atoms with Crippen molar-refractivity contribution in [2.75, 3.05) is 0 Å². The Hall–Kier alpha value is -1.88. The number of carboxylic acid groups (broad SMARTS) is 1. The third kappa shape index (κ3) is 1.90. The Morgan fingerprint density at radius 3 is 2.81 bits per heavy atom. The minimum absolute atomic E-state index is 0.0441. The quantitative estimate of drug-likeness (QED) is 0.785. The van der Waals surface area contributed by atoms with Gasteiger partial charge in [0.05, 0.1) is 5.69 Å². The minimum atomic E-state index is -1.04. The van der Waals surface area contributed by atoms with Crippen molar-refractivity contribution in [2.45, 2.75) is 6.92 Å². The zero-order chi connectivity index (χ0) is 11.7. The molecule has 0 saturated carbocycles. The number of aromatic amines is 1. The van der Waals surface area contributed by atoms with E-state index in [1.807, 2.05) is 6.92 Å². The van der Waals surface area contributed by atoms with Crippen LogP contribution < -0.4 is 0 Å². The summed E-state index contributed by atoms with van der Waals surface area (Å²) in [5.74, 6) is -1.04. The molecule has 6 heteroatoms. The smallest absolute Gasteiger partial charge is 0.353 e. The second-order valence-electron chi connectivity index (χ2n) is 3.30. The molecule has 2 aromatic rings. The van der Waals surface area contributed by atoms with E-state index in [1.165, 1.54) is 6.07 Å². The van der Waals surface area contributed by atoms with Crippen molar-refractivity contribution < 1.29 is 9.90 Å². The van der Waals surface area contributed by atoms with Crippen LogP contribution in [0.15, 0.2) is 18.3 Å². The molecule has 82 valence electrons. The monoisotopic (exact) mass is 237 g/mol. The van der Waals surface area contributed by atoms with Gasteiger partial charge in [-0.1, -0.05) is 11.6 Å². The van der Waals surface area contributed by atoms with Gasteiger partial charge in [-0.25, -0.2) is 9.78 Å². The fourth-order valence-electron chi connectivity index (χ4n) is 1.28. The van der Waals surface area contributed by atoms with Gasteiger partial charge >= 0.3 is 5.97 Å². The summed E-state index contributed by atoms with van der Waals surface area (Å²) < 4.78 is 0. The first-order valence-corrected chi connectivity index (χ1v) is 4.87. The number of aromatic nitrogens is 3. The SMILES string of the molecule is Cc1cc(-c2cc(C(=O)O)[nH]n2)cnc1Cl. The number of hydrogen-bond donors (Lipinski definition) is 2. The summed E-state index contributed by atoms with van der Waals surface area (Å²) in [6, 6.07) is 3.25. The van der Waals surface area contributed by atoms with Crippen LogP contribution in [0.1, 0.15) is 16.1 Å². The van der Waals surface area contributed by atoms with Crippen molar-refractivity contribution in [3.63, 3.8) is 0 Å². The van der Waals surface area contributed by atoms with Gasteiger partial charge in [0.15, 0.2) is 0 Å². The highest BCUT2D eigenvalue weighted by atomic mass is 35.5. The van der Waals surface area contributed by atoms with Crippen molar-refractivity contribution >= 4 is 17.6 Å². The van der Waals surface area contributed by atoms with Gasteiger partial charge in [0.1, 0.15) is 10.8 Å². The number of aromatic carboxylic acids is 1. The fraction of sp³-hybridized carbons (Fsp3) is 0.100. The minimum Gasteiger partial charge on any atom is -0.477 e. The molecule has 2 aromatic heterocycles. The summed E-state index contributed by atoms with van der Waals surface area (Å²) >= 11 is 5.79. The second-order valence-corrected chi connectivity index (χ2v) is 3.66. The number of pyridine rings is 1. The lowest BCUT2D eigenvalue weighted by Gasteiger charge is -1.99. The van der Waals surface area contributed by atoms with Crippen molar-refractivity contribution in [1.29, 1.82) is 0 Å². The second kappa shape index (κ2) is 3.94. The number of nitrogens with one attached hydrogen (secondary N) is 1. The largest absolute Gasteiger partial charge is 0.477 e. The van der Waals surface area contributed by atoms with E-state index in [4.69, 9.17) is 16.7 Å². The standard InChI is InChI=1S/C10H8ClN3O2/c1-5-2-6(4-12-9(5)11)7-3-8(10(15)16)14-13-7/h2-4H,1H3,(H,13,14)(H,15,16). The summed E-state index contributed by atoms with van der Waals surface area (Å²) in [6.07, 6.45) is 1.55. The topological polar surface area (TPSA) is 78.9 Å². The van der Waals surface area contributed by atoms with Crippen molar-refractivity contribution in [2.24, 2.45) is 0 Å². The Labute approximate surface area is 96.1 Å². The number of carbonyl (C=O) groups is 1. The van der Waals surface area contributed by atoms with Crippen LogP contribution in [-0.2, 0) is 0 Å². The first kappa shape index (κ1) is 10.6. The lowest BCUT2D eigenvalue weighted by atomic mass is 10.1. The normalized spacial score (nSPS) is 10.4. The van der Waals surface area contributed by atoms with Gasteiger partial charge in [-0.2, -0.15) is 5.10 Å². The molecule has 16 heavy (non-hydrogen) atoms. The zero-order valence-electron chi connectivity index (χ0n) is 8.36. The van der Waals surface area contributed by atoms with Gasteiger partial charge in [0.25, 0.3) is 0 Å². The van der Waals surface area contributed by atoms with Crippen LogP contribution in [0.2, 0.25) is 5.15 Å². The molecule has 0 atom stereocenters. The Morgan fingerprint density at radius 2 is 2.25 bits per heavy atom. The Morgan fingerprint density at radius 1 is 1.50 bits per heavy atom. The number of carboxylic acids is 1. The van der Waals surface area contributed by atoms with E-state index in [-0.39, 0.29) is 5.69 Å². The van der Waals surface area contributed by atoms with E-state index in [0.29, 0.717) is 10.8 Å². The van der Waals surface area contributed by atoms with Gasteiger partial charge in [0, 0.05) is 11.8 Å². The first-order valence-electron chi connectivity index (χ1n) is 4.49. The van der Waals surface area contributed by atoms with Gasteiger partial charge in [-0.3, -0.25) is 5.10 Å². The highest BCUT2D eigenvalue weighted by molar-refractivity contribution is 6.30. The molecule has 0 unspecified atom stereocenters. The van der Waals surface area contributed by atoms with Crippen LogP contribution in [0.25, 0.3) is 11.3 Å². The molecule has 0 spiro atoms. The third-order valence-corrected chi connectivity index (χ3v) is 2.51. The summed E-state index contributed by atoms with van der Waals surface area (Å²) in [7, 11) is 0. The van der Waals surface area contributed by atoms with Crippen molar-refractivity contribution in [3.8, 4) is 11.3 Å². The number of nitrogens with zero attached hydrogens (tertiary/aromatic N) is 2. The van der Waals surface area contributed by atoms with E-state index in [1.54, 1.807) is 12.3 Å². The van der Waals surface area contributed by atoms with Gasteiger partial charge in [0.2, 0.25) is 0 Å². The molecule has 0 aromatic carbocycles. The summed E-state index contributed by atoms with van der Waals surface area (Å²) in [4.78, 5) is 14.6. The number of halogens is 1. The molecule has 5 nitrogen and oxygen atoms in total. The van der Waals surface area contributed by atoms with E-state index in [9.17, 15) is 4.79 Å². The molecule has 0 bridgehead atoms. The van der Waals surface area contributed by atoms with E-state index in [0.717, 1.165) is 11.1 Å². The first-order chi connectivity index (χ1) is 7.58. The average molecular weight is 238 g/mol. The predicted molar refractivity (Wildman–Crippen MR) is 58.5 cm³/mol. The van der Waals surface area contributed by atoms with Crippen LogP contribution in [0.3, 0.4) is 0 Å². The molecule has 0 radical (unpaired) electrons. The van der Waals surface area contributed by atoms with Crippen LogP contribution >= 0.6 is 11.6 Å². The van der Waals surface area contributed by atoms with Crippen molar-refractivity contribution in [1.82, 2.24) is 15.2 Å². The molecular formula is C10H8ClN3O2. The van der Waals surface area contributed by atoms with Gasteiger partial charge in [-0.15, -0.1) is 0 Å². The molecule has 0 saturated heterocycles. The third-order valence-electron chi connectivity index (χ3n) is 2.12. The van der Waals surface area contributed by atoms with E-state index < -0.39 is 5.97 Å². The van der Waals surface area contributed by atoms with Crippen LogP contribution in [0, 0.1) is 6.92 Å². The lowest BCUT2D eigenvalue weighted by Crippen LogP contribution is -1.95. The Kier molecular flexibility index (Phi) is 2.62. The molecule has 0 aliphatic heterocycles. The van der Waals surface area contributed by atoms with Crippen LogP contribution in [0.5, 0.6) is 0 Å². The maximum absolute atomic E-state index is 10.7. The van der Waals surface area contributed by atoms with Gasteiger partial charge < -0.3 is 5.11 Å². The summed E-state index contributed by atoms with van der Waals surface area (Å²) in [5.41, 5.74) is 2.12. The molecule has 2 rings (SSSR count).